The van der Waals surface area contributed by atoms with Crippen LogP contribution in [0.1, 0.15) is 57.2 Å². The Balaban J connectivity index is 1.72. The monoisotopic (exact) mass is 383 g/mol. The van der Waals surface area contributed by atoms with Crippen LogP contribution in [0.5, 0.6) is 0 Å². The standard InChI is InChI=1S/C22H29N3O3/c1-3-28-20(26)22(2)19-17(16-11-7-8-12-18(16)24-19)13-14-25(22)21(27)23-15-9-5-4-6-10-15/h7-8,11-12,15,24H,3-6,9-10,13-14H2,1-2H3,(H,23,27). The van der Waals surface area contributed by atoms with Gasteiger partial charge in [0.15, 0.2) is 5.54 Å². The van der Waals surface area contributed by atoms with E-state index in [0.29, 0.717) is 13.0 Å². The van der Waals surface area contributed by atoms with Gasteiger partial charge in [-0.25, -0.2) is 9.59 Å². The Morgan fingerprint density at radius 2 is 2.00 bits per heavy atom. The molecule has 2 heterocycles. The summed E-state index contributed by atoms with van der Waals surface area (Å²) >= 11 is 0. The van der Waals surface area contributed by atoms with E-state index in [-0.39, 0.29) is 24.6 Å². The third-order valence-electron chi connectivity index (χ3n) is 6.28. The van der Waals surface area contributed by atoms with Crippen LogP contribution in [0.25, 0.3) is 10.9 Å². The van der Waals surface area contributed by atoms with Gasteiger partial charge in [-0.05, 0) is 44.7 Å². The van der Waals surface area contributed by atoms with Crippen molar-refractivity contribution in [3.8, 4) is 0 Å². The summed E-state index contributed by atoms with van der Waals surface area (Å²) in [4.78, 5) is 31.4. The number of amides is 2. The molecule has 150 valence electrons. The van der Waals surface area contributed by atoms with Gasteiger partial charge in [-0.3, -0.25) is 0 Å². The first-order chi connectivity index (χ1) is 13.6. The number of urea groups is 1. The van der Waals surface area contributed by atoms with E-state index in [1.807, 2.05) is 18.2 Å². The largest absolute Gasteiger partial charge is 0.464 e. The number of rotatable bonds is 3. The number of carbonyl (C=O) groups excluding carboxylic acids is 2. The molecule has 6 nitrogen and oxygen atoms in total. The van der Waals surface area contributed by atoms with E-state index < -0.39 is 5.54 Å². The van der Waals surface area contributed by atoms with E-state index in [9.17, 15) is 9.59 Å². The van der Waals surface area contributed by atoms with Crippen molar-refractivity contribution in [1.82, 2.24) is 15.2 Å². The maximum Gasteiger partial charge on any atom is 0.338 e. The number of fused-ring (bicyclic) bond motifs is 3. The highest BCUT2D eigenvalue weighted by Crippen LogP contribution is 2.40. The molecular formula is C22H29N3O3. The summed E-state index contributed by atoms with van der Waals surface area (Å²) in [6.45, 7) is 4.37. The van der Waals surface area contributed by atoms with Gasteiger partial charge >= 0.3 is 12.0 Å². The van der Waals surface area contributed by atoms with E-state index in [2.05, 4.69) is 16.4 Å². The molecule has 6 heteroatoms. The van der Waals surface area contributed by atoms with Gasteiger partial charge in [0.2, 0.25) is 0 Å². The summed E-state index contributed by atoms with van der Waals surface area (Å²) < 4.78 is 5.43. The van der Waals surface area contributed by atoms with E-state index in [1.165, 1.54) is 6.42 Å². The van der Waals surface area contributed by atoms with Gasteiger partial charge in [-0.1, -0.05) is 37.5 Å². The minimum Gasteiger partial charge on any atom is -0.464 e. The van der Waals surface area contributed by atoms with Gasteiger partial charge in [-0.15, -0.1) is 0 Å². The highest BCUT2D eigenvalue weighted by Gasteiger charge is 2.50. The van der Waals surface area contributed by atoms with Crippen LogP contribution in [0.3, 0.4) is 0 Å². The molecule has 4 rings (SSSR count). The number of aromatic amines is 1. The van der Waals surface area contributed by atoms with E-state index in [0.717, 1.165) is 47.8 Å². The molecule has 1 saturated carbocycles. The van der Waals surface area contributed by atoms with E-state index >= 15 is 0 Å². The number of ether oxygens (including phenoxy) is 1. The van der Waals surface area contributed by atoms with Gasteiger partial charge < -0.3 is 19.9 Å². The van der Waals surface area contributed by atoms with Crippen molar-refractivity contribution >= 4 is 22.9 Å². The van der Waals surface area contributed by atoms with Crippen molar-refractivity contribution < 1.29 is 14.3 Å². The first kappa shape index (κ1) is 18.8. The topological polar surface area (TPSA) is 74.4 Å². The molecule has 1 atom stereocenters. The minimum absolute atomic E-state index is 0.174. The van der Waals surface area contributed by atoms with Gasteiger partial charge in [-0.2, -0.15) is 0 Å². The smallest absolute Gasteiger partial charge is 0.338 e. The number of nitrogens with zero attached hydrogens (tertiary/aromatic N) is 1. The van der Waals surface area contributed by atoms with Crippen LogP contribution < -0.4 is 5.32 Å². The second kappa shape index (κ2) is 7.49. The molecule has 1 aliphatic heterocycles. The van der Waals surface area contributed by atoms with Crippen molar-refractivity contribution in [3.05, 3.63) is 35.5 Å². The van der Waals surface area contributed by atoms with Crippen molar-refractivity contribution in [3.63, 3.8) is 0 Å². The summed E-state index contributed by atoms with van der Waals surface area (Å²) in [5, 5.41) is 4.28. The molecular weight excluding hydrogens is 354 g/mol. The number of benzene rings is 1. The molecule has 2 N–H and O–H groups in total. The number of hydrogen-bond donors (Lipinski definition) is 2. The molecule has 2 aromatic rings. The third kappa shape index (κ3) is 3.05. The lowest BCUT2D eigenvalue weighted by molar-refractivity contribution is -0.156. The Kier molecular flexibility index (Phi) is 5.04. The van der Waals surface area contributed by atoms with Crippen LogP contribution in [0.15, 0.2) is 24.3 Å². The van der Waals surface area contributed by atoms with Crippen molar-refractivity contribution in [2.24, 2.45) is 0 Å². The number of carbonyl (C=O) groups is 2. The number of para-hydroxylation sites is 1. The first-order valence-electron chi connectivity index (χ1n) is 10.4. The molecule has 1 aromatic heterocycles. The lowest BCUT2D eigenvalue weighted by Crippen LogP contribution is -2.60. The molecule has 1 aromatic carbocycles. The maximum absolute atomic E-state index is 13.2. The summed E-state index contributed by atoms with van der Waals surface area (Å²) in [6.07, 6.45) is 6.25. The van der Waals surface area contributed by atoms with Gasteiger partial charge in [0, 0.05) is 23.5 Å². The number of hydrogen-bond acceptors (Lipinski definition) is 3. The van der Waals surface area contributed by atoms with Gasteiger partial charge in [0.05, 0.1) is 12.3 Å². The average Bonchev–Trinajstić information content (AvgIpc) is 3.09. The Morgan fingerprint density at radius 3 is 2.75 bits per heavy atom. The zero-order valence-electron chi connectivity index (χ0n) is 16.7. The molecule has 1 aliphatic carbocycles. The van der Waals surface area contributed by atoms with Crippen molar-refractivity contribution in [2.75, 3.05) is 13.2 Å². The Hall–Kier alpha value is -2.50. The Bertz CT molecular complexity index is 884. The fourth-order valence-electron chi connectivity index (χ4n) is 4.75. The molecule has 2 amide bonds. The fourth-order valence-corrected chi connectivity index (χ4v) is 4.75. The summed E-state index contributed by atoms with van der Waals surface area (Å²) in [7, 11) is 0. The molecule has 0 saturated heterocycles. The van der Waals surface area contributed by atoms with Gasteiger partial charge in [0.1, 0.15) is 0 Å². The zero-order chi connectivity index (χ0) is 19.7. The average molecular weight is 383 g/mol. The highest BCUT2D eigenvalue weighted by molar-refractivity contribution is 5.93. The molecule has 28 heavy (non-hydrogen) atoms. The van der Waals surface area contributed by atoms with Crippen LogP contribution in [-0.2, 0) is 21.5 Å². The van der Waals surface area contributed by atoms with Gasteiger partial charge in [0.25, 0.3) is 0 Å². The molecule has 1 unspecified atom stereocenters. The fraction of sp³-hybridized carbons (Fsp3) is 0.545. The zero-order valence-corrected chi connectivity index (χ0v) is 16.7. The Labute approximate surface area is 165 Å². The van der Waals surface area contributed by atoms with Crippen LogP contribution >= 0.6 is 0 Å². The highest BCUT2D eigenvalue weighted by atomic mass is 16.5. The summed E-state index contributed by atoms with van der Waals surface area (Å²) in [6, 6.07) is 8.06. The summed E-state index contributed by atoms with van der Waals surface area (Å²) in [5.41, 5.74) is 1.70. The molecule has 0 bridgehead atoms. The second-order valence-corrected chi connectivity index (χ2v) is 8.00. The molecule has 2 aliphatic rings. The minimum atomic E-state index is -1.17. The number of H-pyrrole nitrogens is 1. The summed E-state index contributed by atoms with van der Waals surface area (Å²) in [5.74, 6) is -0.388. The number of aromatic nitrogens is 1. The normalized spacial score (nSPS) is 22.7. The molecule has 0 spiro atoms. The van der Waals surface area contributed by atoms with E-state index in [1.54, 1.807) is 18.7 Å². The third-order valence-corrected chi connectivity index (χ3v) is 6.28. The van der Waals surface area contributed by atoms with Crippen LogP contribution in [0, 0.1) is 0 Å². The lowest BCUT2D eigenvalue weighted by atomic mass is 9.86. The predicted octanol–water partition coefficient (Wildman–Crippen LogP) is 3.85. The van der Waals surface area contributed by atoms with E-state index in [4.69, 9.17) is 4.74 Å². The molecule has 0 radical (unpaired) electrons. The van der Waals surface area contributed by atoms with Crippen LogP contribution in [0.4, 0.5) is 4.79 Å². The predicted molar refractivity (Wildman–Crippen MR) is 108 cm³/mol. The maximum atomic E-state index is 13.2. The number of nitrogens with one attached hydrogen (secondary N) is 2. The lowest BCUT2D eigenvalue weighted by Gasteiger charge is -2.43. The Morgan fingerprint density at radius 1 is 1.25 bits per heavy atom. The quantitative estimate of drug-likeness (QED) is 0.791. The second-order valence-electron chi connectivity index (χ2n) is 8.00. The number of esters is 1. The molecule has 1 fully saturated rings. The van der Waals surface area contributed by atoms with Crippen molar-refractivity contribution in [2.45, 2.75) is 64.0 Å². The van der Waals surface area contributed by atoms with Crippen molar-refractivity contribution in [1.29, 1.82) is 0 Å². The van der Waals surface area contributed by atoms with Crippen LogP contribution in [0.2, 0.25) is 0 Å². The SMILES string of the molecule is CCOC(=O)C1(C)c2[nH]c3ccccc3c2CCN1C(=O)NC1CCCCC1. The van der Waals surface area contributed by atoms with Crippen LogP contribution in [-0.4, -0.2) is 41.1 Å². The first-order valence-corrected chi connectivity index (χ1v) is 10.4.